The van der Waals surface area contributed by atoms with Crippen LogP contribution in [-0.4, -0.2) is 20.3 Å². The van der Waals surface area contributed by atoms with Gasteiger partial charge in [-0.2, -0.15) is 0 Å². The van der Waals surface area contributed by atoms with Gasteiger partial charge < -0.3 is 10.1 Å². The summed E-state index contributed by atoms with van der Waals surface area (Å²) in [5.41, 5.74) is 2.36. The molecule has 0 amide bonds. The third-order valence-corrected chi connectivity index (χ3v) is 2.27. The fourth-order valence-corrected chi connectivity index (χ4v) is 1.34. The molecule has 0 aromatic heterocycles. The molecule has 0 saturated heterocycles. The molecule has 0 bridgehead atoms. The fraction of sp³-hybridized carbons (Fsp3) is 0.467. The smallest absolute Gasteiger partial charge is 0.0587 e. The van der Waals surface area contributed by atoms with Crippen LogP contribution in [0.1, 0.15) is 25.0 Å². The van der Waals surface area contributed by atoms with E-state index in [1.54, 1.807) is 7.11 Å². The van der Waals surface area contributed by atoms with E-state index >= 15 is 0 Å². The number of hydrogen-bond acceptors (Lipinski definition) is 2. The minimum atomic E-state index is 0.422. The van der Waals surface area contributed by atoms with Crippen LogP contribution in [0.4, 0.5) is 0 Å². The summed E-state index contributed by atoms with van der Waals surface area (Å²) in [4.78, 5) is 0. The van der Waals surface area contributed by atoms with Crippen molar-refractivity contribution in [2.45, 2.75) is 20.4 Å². The van der Waals surface area contributed by atoms with Crippen LogP contribution in [0, 0.1) is 17.8 Å². The van der Waals surface area contributed by atoms with Crippen molar-refractivity contribution in [2.24, 2.45) is 5.92 Å². The number of benzene rings is 1. The number of ether oxygens (including phenoxy) is 1. The first kappa shape index (κ1) is 13.8. The Labute approximate surface area is 104 Å². The summed E-state index contributed by atoms with van der Waals surface area (Å²) in [7, 11) is 1.71. The molecule has 0 unspecified atom stereocenters. The Bertz CT molecular complexity index is 370. The van der Waals surface area contributed by atoms with Gasteiger partial charge in [-0.15, -0.1) is 0 Å². The Morgan fingerprint density at radius 1 is 1.24 bits per heavy atom. The van der Waals surface area contributed by atoms with Gasteiger partial charge >= 0.3 is 0 Å². The highest BCUT2D eigenvalue weighted by Gasteiger charge is 1.93. The lowest BCUT2D eigenvalue weighted by Crippen LogP contribution is -2.18. The third kappa shape index (κ3) is 6.11. The lowest BCUT2D eigenvalue weighted by atomic mass is 10.1. The van der Waals surface area contributed by atoms with E-state index in [-0.39, 0.29) is 0 Å². The number of nitrogens with one attached hydrogen (secondary N) is 1. The molecule has 0 aliphatic carbocycles. The number of hydrogen-bond donors (Lipinski definition) is 1. The Balaban J connectivity index is 2.43. The van der Waals surface area contributed by atoms with Gasteiger partial charge in [0.2, 0.25) is 0 Å². The SMILES string of the molecule is COCCNCc1ccc(C#CC(C)C)cc1. The number of methoxy groups -OCH3 is 1. The summed E-state index contributed by atoms with van der Waals surface area (Å²) in [6, 6.07) is 8.37. The van der Waals surface area contributed by atoms with Crippen LogP contribution in [0.15, 0.2) is 24.3 Å². The summed E-state index contributed by atoms with van der Waals surface area (Å²) >= 11 is 0. The zero-order valence-electron chi connectivity index (χ0n) is 10.9. The van der Waals surface area contributed by atoms with Crippen LogP contribution in [-0.2, 0) is 11.3 Å². The maximum absolute atomic E-state index is 4.97. The second-order valence-corrected chi connectivity index (χ2v) is 4.29. The second-order valence-electron chi connectivity index (χ2n) is 4.29. The van der Waals surface area contributed by atoms with E-state index in [1.807, 2.05) is 0 Å². The molecule has 17 heavy (non-hydrogen) atoms. The minimum absolute atomic E-state index is 0.422. The van der Waals surface area contributed by atoms with Crippen molar-refractivity contribution >= 4 is 0 Å². The van der Waals surface area contributed by atoms with Gasteiger partial charge in [0.1, 0.15) is 0 Å². The first-order chi connectivity index (χ1) is 8.22. The van der Waals surface area contributed by atoms with E-state index in [2.05, 4.69) is 55.3 Å². The zero-order chi connectivity index (χ0) is 12.5. The Kier molecular flexibility index (Phi) is 6.39. The molecule has 0 atom stereocenters. The van der Waals surface area contributed by atoms with Crippen LogP contribution < -0.4 is 5.32 Å². The normalized spacial score (nSPS) is 10.1. The quantitative estimate of drug-likeness (QED) is 0.621. The second kappa shape index (κ2) is 7.89. The van der Waals surface area contributed by atoms with Crippen molar-refractivity contribution < 1.29 is 4.74 Å². The van der Waals surface area contributed by atoms with Crippen LogP contribution >= 0.6 is 0 Å². The van der Waals surface area contributed by atoms with Crippen LogP contribution in [0.25, 0.3) is 0 Å². The molecule has 2 heteroatoms. The molecule has 0 aliphatic rings. The first-order valence-electron chi connectivity index (χ1n) is 6.02. The summed E-state index contributed by atoms with van der Waals surface area (Å²) in [6.45, 7) is 6.70. The van der Waals surface area contributed by atoms with E-state index in [0.717, 1.165) is 25.3 Å². The molecular weight excluding hydrogens is 210 g/mol. The Morgan fingerprint density at radius 3 is 2.53 bits per heavy atom. The molecule has 0 spiro atoms. The van der Waals surface area contributed by atoms with Crippen molar-refractivity contribution in [3.05, 3.63) is 35.4 Å². The standard InChI is InChI=1S/C15H21NO/c1-13(2)4-5-14-6-8-15(9-7-14)12-16-10-11-17-3/h6-9,13,16H,10-12H2,1-3H3. The molecule has 1 N–H and O–H groups in total. The van der Waals surface area contributed by atoms with Crippen molar-refractivity contribution in [1.29, 1.82) is 0 Å². The van der Waals surface area contributed by atoms with E-state index in [9.17, 15) is 0 Å². The maximum Gasteiger partial charge on any atom is 0.0587 e. The lowest BCUT2D eigenvalue weighted by molar-refractivity contribution is 0.199. The topological polar surface area (TPSA) is 21.3 Å². The Hall–Kier alpha value is -1.30. The molecule has 1 rings (SSSR count). The lowest BCUT2D eigenvalue weighted by Gasteiger charge is -2.04. The molecule has 2 nitrogen and oxygen atoms in total. The zero-order valence-corrected chi connectivity index (χ0v) is 10.9. The summed E-state index contributed by atoms with van der Waals surface area (Å²) < 4.78 is 4.97. The molecular formula is C15H21NO. The highest BCUT2D eigenvalue weighted by molar-refractivity contribution is 5.36. The van der Waals surface area contributed by atoms with E-state index in [0.29, 0.717) is 5.92 Å². The van der Waals surface area contributed by atoms with Crippen LogP contribution in [0.3, 0.4) is 0 Å². The highest BCUT2D eigenvalue weighted by atomic mass is 16.5. The molecule has 92 valence electrons. The van der Waals surface area contributed by atoms with Crippen LogP contribution in [0.5, 0.6) is 0 Å². The maximum atomic E-state index is 4.97. The van der Waals surface area contributed by atoms with Gasteiger partial charge in [0.25, 0.3) is 0 Å². The van der Waals surface area contributed by atoms with Gasteiger partial charge in [-0.3, -0.25) is 0 Å². The highest BCUT2D eigenvalue weighted by Crippen LogP contribution is 2.03. The van der Waals surface area contributed by atoms with E-state index in [4.69, 9.17) is 4.74 Å². The third-order valence-electron chi connectivity index (χ3n) is 2.27. The monoisotopic (exact) mass is 231 g/mol. The molecule has 1 aromatic rings. The van der Waals surface area contributed by atoms with Crippen molar-refractivity contribution in [1.82, 2.24) is 5.32 Å². The molecule has 0 radical (unpaired) electrons. The van der Waals surface area contributed by atoms with Gasteiger partial charge in [0.15, 0.2) is 0 Å². The minimum Gasteiger partial charge on any atom is -0.383 e. The van der Waals surface area contributed by atoms with Crippen molar-refractivity contribution in [3.8, 4) is 11.8 Å². The van der Waals surface area contributed by atoms with Crippen molar-refractivity contribution in [2.75, 3.05) is 20.3 Å². The first-order valence-corrected chi connectivity index (χ1v) is 6.02. The van der Waals surface area contributed by atoms with Gasteiger partial charge in [-0.25, -0.2) is 0 Å². The summed E-state index contributed by atoms with van der Waals surface area (Å²) in [5.74, 6) is 6.74. The molecule has 0 fully saturated rings. The number of rotatable bonds is 5. The fourth-order valence-electron chi connectivity index (χ4n) is 1.34. The van der Waals surface area contributed by atoms with Gasteiger partial charge in [-0.05, 0) is 17.7 Å². The average Bonchev–Trinajstić information content (AvgIpc) is 2.33. The largest absolute Gasteiger partial charge is 0.383 e. The summed E-state index contributed by atoms with van der Waals surface area (Å²) in [6.07, 6.45) is 0. The van der Waals surface area contributed by atoms with E-state index in [1.165, 1.54) is 5.56 Å². The molecule has 0 aliphatic heterocycles. The van der Waals surface area contributed by atoms with Gasteiger partial charge in [-0.1, -0.05) is 37.8 Å². The van der Waals surface area contributed by atoms with Crippen molar-refractivity contribution in [3.63, 3.8) is 0 Å². The summed E-state index contributed by atoms with van der Waals surface area (Å²) in [5, 5.41) is 3.31. The molecule has 0 heterocycles. The molecule has 0 saturated carbocycles. The van der Waals surface area contributed by atoms with Gasteiger partial charge in [0.05, 0.1) is 6.61 Å². The Morgan fingerprint density at radius 2 is 1.94 bits per heavy atom. The van der Waals surface area contributed by atoms with Gasteiger partial charge in [0, 0.05) is 31.7 Å². The average molecular weight is 231 g/mol. The molecule has 1 aromatic carbocycles. The van der Waals surface area contributed by atoms with E-state index < -0.39 is 0 Å². The predicted molar refractivity (Wildman–Crippen MR) is 71.7 cm³/mol. The predicted octanol–water partition coefficient (Wildman–Crippen LogP) is 2.43. The van der Waals surface area contributed by atoms with Crippen LogP contribution in [0.2, 0.25) is 0 Å².